The van der Waals surface area contributed by atoms with Gasteiger partial charge in [0.15, 0.2) is 6.29 Å². The number of rotatable bonds is 4. The number of nitro groups is 1. The Morgan fingerprint density at radius 1 is 1.00 bits per heavy atom. The lowest BCUT2D eigenvalue weighted by Crippen LogP contribution is -2.46. The summed E-state index contributed by atoms with van der Waals surface area (Å²) in [6.45, 7) is 2.80. The van der Waals surface area contributed by atoms with Gasteiger partial charge in [-0.3, -0.25) is 14.9 Å². The number of carbonyl (C=O) groups excluding carboxylic acids is 1. The van der Waals surface area contributed by atoms with Gasteiger partial charge < -0.3 is 9.80 Å². The van der Waals surface area contributed by atoms with Gasteiger partial charge in [-0.1, -0.05) is 0 Å². The van der Waals surface area contributed by atoms with Gasteiger partial charge in [-0.2, -0.15) is 0 Å². The van der Waals surface area contributed by atoms with Crippen molar-refractivity contribution in [1.82, 2.24) is 0 Å². The van der Waals surface area contributed by atoms with Gasteiger partial charge in [-0.25, -0.2) is 4.39 Å². The van der Waals surface area contributed by atoms with E-state index in [1.54, 1.807) is 18.2 Å². The lowest BCUT2D eigenvalue weighted by atomic mass is 10.1. The minimum Gasteiger partial charge on any atom is -0.368 e. The second-order valence-electron chi connectivity index (χ2n) is 5.57. The standard InChI is InChI=1S/C17H16FN3O3/c18-14-1-3-15(4-2-14)19-7-9-20(10-8-19)17-6-5-16(21(23)24)11-13(17)12-22/h1-6,11-12H,7-10H2. The minimum absolute atomic E-state index is 0.0919. The first-order chi connectivity index (χ1) is 11.6. The van der Waals surface area contributed by atoms with Crippen molar-refractivity contribution in [3.8, 4) is 0 Å². The van der Waals surface area contributed by atoms with Crippen LogP contribution in [0.15, 0.2) is 42.5 Å². The van der Waals surface area contributed by atoms with Crippen molar-refractivity contribution in [3.05, 3.63) is 64.0 Å². The second kappa shape index (κ2) is 6.66. The summed E-state index contributed by atoms with van der Waals surface area (Å²) in [5.74, 6) is -0.265. The SMILES string of the molecule is O=Cc1cc([N+](=O)[O-])ccc1N1CCN(c2ccc(F)cc2)CC1. The van der Waals surface area contributed by atoms with Crippen LogP contribution in [0, 0.1) is 15.9 Å². The lowest BCUT2D eigenvalue weighted by molar-refractivity contribution is -0.384. The molecule has 124 valence electrons. The maximum atomic E-state index is 13.0. The van der Waals surface area contributed by atoms with Crippen molar-refractivity contribution in [2.45, 2.75) is 0 Å². The molecule has 1 heterocycles. The van der Waals surface area contributed by atoms with Crippen molar-refractivity contribution in [2.75, 3.05) is 36.0 Å². The van der Waals surface area contributed by atoms with Gasteiger partial charge >= 0.3 is 0 Å². The van der Waals surface area contributed by atoms with E-state index in [2.05, 4.69) is 4.90 Å². The summed E-state index contributed by atoms with van der Waals surface area (Å²) in [5.41, 5.74) is 1.88. The van der Waals surface area contributed by atoms with Crippen LogP contribution in [0.1, 0.15) is 10.4 Å². The summed E-state index contributed by atoms with van der Waals surface area (Å²) in [6, 6.07) is 10.7. The summed E-state index contributed by atoms with van der Waals surface area (Å²) < 4.78 is 13.0. The van der Waals surface area contributed by atoms with Crippen LogP contribution in [0.3, 0.4) is 0 Å². The van der Waals surface area contributed by atoms with Crippen molar-refractivity contribution in [1.29, 1.82) is 0 Å². The van der Waals surface area contributed by atoms with Crippen LogP contribution >= 0.6 is 0 Å². The molecule has 24 heavy (non-hydrogen) atoms. The van der Waals surface area contributed by atoms with Gasteiger partial charge in [-0.15, -0.1) is 0 Å². The highest BCUT2D eigenvalue weighted by atomic mass is 19.1. The van der Waals surface area contributed by atoms with Crippen molar-refractivity contribution in [3.63, 3.8) is 0 Å². The average Bonchev–Trinajstić information content (AvgIpc) is 2.62. The Hall–Kier alpha value is -2.96. The molecule has 1 fully saturated rings. The largest absolute Gasteiger partial charge is 0.368 e. The highest BCUT2D eigenvalue weighted by molar-refractivity contribution is 5.86. The van der Waals surface area contributed by atoms with Crippen LogP contribution in [0.25, 0.3) is 0 Å². The third-order valence-corrected chi connectivity index (χ3v) is 4.16. The molecule has 0 radical (unpaired) electrons. The van der Waals surface area contributed by atoms with E-state index in [9.17, 15) is 19.3 Å². The summed E-state index contributed by atoms with van der Waals surface area (Å²) in [7, 11) is 0. The zero-order valence-electron chi connectivity index (χ0n) is 12.9. The average molecular weight is 329 g/mol. The quantitative estimate of drug-likeness (QED) is 0.490. The zero-order valence-corrected chi connectivity index (χ0v) is 12.9. The number of non-ortho nitro benzene ring substituents is 1. The first-order valence-electron chi connectivity index (χ1n) is 7.57. The molecule has 0 N–H and O–H groups in total. The second-order valence-corrected chi connectivity index (χ2v) is 5.57. The third kappa shape index (κ3) is 3.19. The van der Waals surface area contributed by atoms with Crippen molar-refractivity contribution < 1.29 is 14.1 Å². The Morgan fingerprint density at radius 3 is 2.21 bits per heavy atom. The Bertz CT molecular complexity index is 756. The van der Waals surface area contributed by atoms with E-state index in [4.69, 9.17) is 0 Å². The molecule has 0 aliphatic carbocycles. The molecule has 6 nitrogen and oxygen atoms in total. The molecule has 0 amide bonds. The topological polar surface area (TPSA) is 66.7 Å². The zero-order chi connectivity index (χ0) is 17.1. The number of halogens is 1. The van der Waals surface area contributed by atoms with Crippen LogP contribution in [0.5, 0.6) is 0 Å². The molecule has 7 heteroatoms. The Labute approximate surface area is 138 Å². The molecule has 0 atom stereocenters. The predicted molar refractivity (Wildman–Crippen MR) is 89.3 cm³/mol. The molecule has 3 rings (SSSR count). The lowest BCUT2D eigenvalue weighted by Gasteiger charge is -2.37. The van der Waals surface area contributed by atoms with E-state index in [0.29, 0.717) is 30.6 Å². The first-order valence-corrected chi connectivity index (χ1v) is 7.57. The number of nitrogens with zero attached hydrogens (tertiary/aromatic N) is 3. The van der Waals surface area contributed by atoms with Crippen molar-refractivity contribution >= 4 is 23.3 Å². The number of anilines is 2. The molecule has 1 saturated heterocycles. The molecule has 1 aliphatic rings. The smallest absolute Gasteiger partial charge is 0.270 e. The van der Waals surface area contributed by atoms with Crippen LogP contribution in [0.2, 0.25) is 0 Å². The number of hydrogen-bond acceptors (Lipinski definition) is 5. The van der Waals surface area contributed by atoms with Gasteiger partial charge in [-0.05, 0) is 30.3 Å². The molecule has 0 saturated carbocycles. The maximum Gasteiger partial charge on any atom is 0.270 e. The summed E-state index contributed by atoms with van der Waals surface area (Å²) >= 11 is 0. The monoisotopic (exact) mass is 329 g/mol. The molecule has 0 aromatic heterocycles. The first kappa shape index (κ1) is 15.9. The molecule has 0 bridgehead atoms. The van der Waals surface area contributed by atoms with E-state index < -0.39 is 4.92 Å². The van der Waals surface area contributed by atoms with Gasteiger partial charge in [0.1, 0.15) is 5.82 Å². The Morgan fingerprint density at radius 2 is 1.62 bits per heavy atom. The van der Waals surface area contributed by atoms with Crippen LogP contribution in [0.4, 0.5) is 21.5 Å². The number of aldehydes is 1. The number of hydrogen-bond donors (Lipinski definition) is 0. The van der Waals surface area contributed by atoms with E-state index in [1.165, 1.54) is 24.3 Å². The van der Waals surface area contributed by atoms with Crippen LogP contribution in [-0.4, -0.2) is 37.4 Å². The predicted octanol–water partition coefficient (Wildman–Crippen LogP) is 2.87. The fourth-order valence-electron chi connectivity index (χ4n) is 2.90. The summed E-state index contributed by atoms with van der Waals surface area (Å²) in [5, 5.41) is 10.8. The number of piperazine rings is 1. The molecule has 0 spiro atoms. The minimum atomic E-state index is -0.511. The third-order valence-electron chi connectivity index (χ3n) is 4.16. The highest BCUT2D eigenvalue weighted by Gasteiger charge is 2.21. The van der Waals surface area contributed by atoms with Gasteiger partial charge in [0.05, 0.1) is 4.92 Å². The summed E-state index contributed by atoms with van der Waals surface area (Å²) in [6.07, 6.45) is 0.648. The van der Waals surface area contributed by atoms with Crippen LogP contribution in [-0.2, 0) is 0 Å². The van der Waals surface area contributed by atoms with E-state index >= 15 is 0 Å². The number of benzene rings is 2. The van der Waals surface area contributed by atoms with E-state index in [-0.39, 0.29) is 11.5 Å². The van der Waals surface area contributed by atoms with Crippen LogP contribution < -0.4 is 9.80 Å². The summed E-state index contributed by atoms with van der Waals surface area (Å²) in [4.78, 5) is 25.8. The molecular weight excluding hydrogens is 313 g/mol. The van der Waals surface area contributed by atoms with Crippen molar-refractivity contribution in [2.24, 2.45) is 0 Å². The molecule has 0 unspecified atom stereocenters. The highest BCUT2D eigenvalue weighted by Crippen LogP contribution is 2.26. The van der Waals surface area contributed by atoms with Gasteiger partial charge in [0, 0.05) is 55.2 Å². The fourth-order valence-corrected chi connectivity index (χ4v) is 2.90. The Balaban J connectivity index is 1.73. The maximum absolute atomic E-state index is 13.0. The molecule has 2 aromatic rings. The molecular formula is C17H16FN3O3. The Kier molecular flexibility index (Phi) is 4.41. The number of carbonyl (C=O) groups is 1. The molecule has 2 aromatic carbocycles. The van der Waals surface area contributed by atoms with E-state index in [0.717, 1.165) is 18.8 Å². The normalized spacial score (nSPS) is 14.5. The van der Waals surface area contributed by atoms with Gasteiger partial charge in [0.25, 0.3) is 5.69 Å². The number of nitro benzene ring substituents is 1. The van der Waals surface area contributed by atoms with E-state index in [1.807, 2.05) is 4.90 Å². The molecule has 1 aliphatic heterocycles. The fraction of sp³-hybridized carbons (Fsp3) is 0.235. The van der Waals surface area contributed by atoms with Gasteiger partial charge in [0.2, 0.25) is 0 Å².